The van der Waals surface area contributed by atoms with E-state index < -0.39 is 17.8 Å². The number of rotatable bonds is 6. The molecule has 2 N–H and O–H groups in total. The standard InChI is InChI=1S/C20H19F3N8OS/c1-11(2)31-29-17(28-30-31)5-6-25-18(32)27-19-26-15-4-3-12(8-16(15)33-19)13-7-14(10-24-9-13)20(21,22)23/h3-4,7-11H,5-6H2,1-2H3,(H2,25,26,27,32). The van der Waals surface area contributed by atoms with Crippen molar-refractivity contribution >= 4 is 32.7 Å². The van der Waals surface area contributed by atoms with Gasteiger partial charge in [-0.1, -0.05) is 17.4 Å². The van der Waals surface area contributed by atoms with Crippen molar-refractivity contribution in [2.75, 3.05) is 11.9 Å². The van der Waals surface area contributed by atoms with Gasteiger partial charge in [0.2, 0.25) is 0 Å². The molecule has 9 nitrogen and oxygen atoms in total. The Balaban J connectivity index is 1.39. The van der Waals surface area contributed by atoms with Gasteiger partial charge in [0.1, 0.15) is 0 Å². The lowest BCUT2D eigenvalue weighted by atomic mass is 10.1. The van der Waals surface area contributed by atoms with Crippen LogP contribution in [0.25, 0.3) is 21.3 Å². The molecule has 33 heavy (non-hydrogen) atoms. The molecule has 0 spiro atoms. The summed E-state index contributed by atoms with van der Waals surface area (Å²) in [6.45, 7) is 4.19. The SMILES string of the molecule is CC(C)n1nnc(CCNC(=O)Nc2nc3ccc(-c4cncc(C(F)(F)F)c4)cc3s2)n1. The van der Waals surface area contributed by atoms with Crippen molar-refractivity contribution in [1.29, 1.82) is 0 Å². The first-order valence-electron chi connectivity index (χ1n) is 9.95. The third-order valence-corrected chi connectivity index (χ3v) is 5.51. The number of alkyl halides is 3. The van der Waals surface area contributed by atoms with Gasteiger partial charge in [-0.25, -0.2) is 9.78 Å². The molecule has 0 saturated heterocycles. The molecule has 0 aliphatic rings. The van der Waals surface area contributed by atoms with Gasteiger partial charge in [-0.3, -0.25) is 10.3 Å². The fraction of sp³-hybridized carbons (Fsp3) is 0.300. The number of pyridine rings is 1. The quantitative estimate of drug-likeness (QED) is 0.429. The van der Waals surface area contributed by atoms with Gasteiger partial charge in [-0.2, -0.15) is 18.0 Å². The summed E-state index contributed by atoms with van der Waals surface area (Å²) < 4.78 is 39.6. The molecule has 0 fully saturated rings. The number of hydrogen-bond acceptors (Lipinski definition) is 7. The van der Waals surface area contributed by atoms with E-state index in [1.807, 2.05) is 13.8 Å². The molecule has 0 radical (unpaired) electrons. The zero-order valence-electron chi connectivity index (χ0n) is 17.6. The molecule has 172 valence electrons. The number of aromatic nitrogens is 6. The van der Waals surface area contributed by atoms with Crippen molar-refractivity contribution in [3.8, 4) is 11.1 Å². The van der Waals surface area contributed by atoms with E-state index in [-0.39, 0.29) is 6.04 Å². The van der Waals surface area contributed by atoms with Crippen LogP contribution in [0.3, 0.4) is 0 Å². The number of benzene rings is 1. The van der Waals surface area contributed by atoms with Crippen LogP contribution in [-0.2, 0) is 12.6 Å². The fourth-order valence-corrected chi connectivity index (χ4v) is 3.81. The van der Waals surface area contributed by atoms with Crippen LogP contribution in [0.5, 0.6) is 0 Å². The number of amides is 2. The number of carbonyl (C=O) groups excluding carboxylic acids is 1. The maximum Gasteiger partial charge on any atom is 0.417 e. The predicted octanol–water partition coefficient (Wildman–Crippen LogP) is 4.31. The van der Waals surface area contributed by atoms with Crippen LogP contribution in [-0.4, -0.2) is 42.8 Å². The number of anilines is 1. The summed E-state index contributed by atoms with van der Waals surface area (Å²) in [6.07, 6.45) is -1.88. The van der Waals surface area contributed by atoms with Crippen LogP contribution < -0.4 is 10.6 Å². The zero-order chi connectivity index (χ0) is 23.6. The molecule has 3 heterocycles. The Labute approximate surface area is 190 Å². The van der Waals surface area contributed by atoms with Crippen molar-refractivity contribution < 1.29 is 18.0 Å². The predicted molar refractivity (Wildman–Crippen MR) is 117 cm³/mol. The maximum absolute atomic E-state index is 13.0. The van der Waals surface area contributed by atoms with Gasteiger partial charge in [-0.15, -0.1) is 10.2 Å². The maximum atomic E-state index is 13.0. The highest BCUT2D eigenvalue weighted by atomic mass is 32.1. The Kier molecular flexibility index (Phi) is 6.22. The number of carbonyl (C=O) groups is 1. The van der Waals surface area contributed by atoms with E-state index in [0.29, 0.717) is 40.6 Å². The number of hydrogen-bond donors (Lipinski definition) is 2. The lowest BCUT2D eigenvalue weighted by Crippen LogP contribution is -2.30. The molecule has 0 saturated carbocycles. The van der Waals surface area contributed by atoms with Crippen LogP contribution >= 0.6 is 11.3 Å². The smallest absolute Gasteiger partial charge is 0.337 e. The van der Waals surface area contributed by atoms with E-state index in [4.69, 9.17) is 0 Å². The van der Waals surface area contributed by atoms with E-state index in [2.05, 4.69) is 36.0 Å². The third kappa shape index (κ3) is 5.42. The Bertz CT molecular complexity index is 1280. The molecule has 0 aliphatic heterocycles. The average Bonchev–Trinajstić information content (AvgIpc) is 3.39. The Hall–Kier alpha value is -3.61. The summed E-state index contributed by atoms with van der Waals surface area (Å²) in [5, 5.41) is 17.8. The summed E-state index contributed by atoms with van der Waals surface area (Å²) in [5.74, 6) is 0.528. The average molecular weight is 476 g/mol. The van der Waals surface area contributed by atoms with Crippen molar-refractivity contribution in [2.24, 2.45) is 0 Å². The third-order valence-electron chi connectivity index (χ3n) is 4.57. The van der Waals surface area contributed by atoms with Gasteiger partial charge in [0.15, 0.2) is 11.0 Å². The summed E-state index contributed by atoms with van der Waals surface area (Å²) >= 11 is 1.22. The molecule has 3 aromatic heterocycles. The largest absolute Gasteiger partial charge is 0.417 e. The van der Waals surface area contributed by atoms with E-state index in [0.717, 1.165) is 17.0 Å². The topological polar surface area (TPSA) is 111 Å². The summed E-state index contributed by atoms with van der Waals surface area (Å²) in [7, 11) is 0. The number of fused-ring (bicyclic) bond motifs is 1. The normalized spacial score (nSPS) is 11.8. The molecule has 0 atom stereocenters. The summed E-state index contributed by atoms with van der Waals surface area (Å²) in [4.78, 5) is 21.7. The molecule has 0 aliphatic carbocycles. The minimum Gasteiger partial charge on any atom is -0.337 e. The highest BCUT2D eigenvalue weighted by molar-refractivity contribution is 7.22. The second kappa shape index (κ2) is 9.10. The molecule has 13 heteroatoms. The molecule has 0 unspecified atom stereocenters. The molecule has 4 aromatic rings. The molecule has 1 aromatic carbocycles. The van der Waals surface area contributed by atoms with E-state index >= 15 is 0 Å². The summed E-state index contributed by atoms with van der Waals surface area (Å²) in [5.41, 5.74) is 0.719. The Morgan fingerprint density at radius 1 is 1.18 bits per heavy atom. The lowest BCUT2D eigenvalue weighted by Gasteiger charge is -2.08. The molecule has 4 rings (SSSR count). The monoisotopic (exact) mass is 476 g/mol. The van der Waals surface area contributed by atoms with E-state index in [1.165, 1.54) is 22.3 Å². The lowest BCUT2D eigenvalue weighted by molar-refractivity contribution is -0.137. The Morgan fingerprint density at radius 2 is 2.00 bits per heavy atom. The van der Waals surface area contributed by atoms with Crippen LogP contribution in [0.1, 0.15) is 31.3 Å². The van der Waals surface area contributed by atoms with E-state index in [9.17, 15) is 18.0 Å². The zero-order valence-corrected chi connectivity index (χ0v) is 18.4. The van der Waals surface area contributed by atoms with E-state index in [1.54, 1.807) is 18.2 Å². The van der Waals surface area contributed by atoms with Gasteiger partial charge in [0.05, 0.1) is 21.8 Å². The summed E-state index contributed by atoms with van der Waals surface area (Å²) in [6, 6.07) is 5.79. The van der Waals surface area contributed by atoms with Gasteiger partial charge < -0.3 is 5.32 Å². The highest BCUT2D eigenvalue weighted by Crippen LogP contribution is 2.34. The van der Waals surface area contributed by atoms with Gasteiger partial charge >= 0.3 is 12.2 Å². The molecule has 0 bridgehead atoms. The van der Waals surface area contributed by atoms with Gasteiger partial charge in [-0.05, 0) is 42.8 Å². The fourth-order valence-electron chi connectivity index (χ4n) is 2.91. The molecule has 2 amide bonds. The van der Waals surface area contributed by atoms with Gasteiger partial charge in [0, 0.05) is 30.9 Å². The van der Waals surface area contributed by atoms with Crippen molar-refractivity contribution in [3.63, 3.8) is 0 Å². The van der Waals surface area contributed by atoms with Crippen LogP contribution in [0.15, 0.2) is 36.7 Å². The van der Waals surface area contributed by atoms with Crippen LogP contribution in [0, 0.1) is 0 Å². The van der Waals surface area contributed by atoms with Crippen molar-refractivity contribution in [3.05, 3.63) is 48.0 Å². The van der Waals surface area contributed by atoms with Crippen LogP contribution in [0.4, 0.5) is 23.1 Å². The second-order valence-corrected chi connectivity index (χ2v) is 8.44. The minimum absolute atomic E-state index is 0.104. The Morgan fingerprint density at radius 3 is 2.73 bits per heavy atom. The highest BCUT2D eigenvalue weighted by Gasteiger charge is 2.31. The molecular weight excluding hydrogens is 457 g/mol. The first kappa shape index (κ1) is 22.6. The number of nitrogens with zero attached hydrogens (tertiary/aromatic N) is 6. The minimum atomic E-state index is -4.47. The van der Waals surface area contributed by atoms with Crippen molar-refractivity contribution in [2.45, 2.75) is 32.5 Å². The second-order valence-electron chi connectivity index (χ2n) is 7.41. The number of tetrazole rings is 1. The number of nitrogens with one attached hydrogen (secondary N) is 2. The molecular formula is C20H19F3N8OS. The first-order chi connectivity index (χ1) is 15.7. The number of urea groups is 1. The van der Waals surface area contributed by atoms with Crippen molar-refractivity contribution in [1.82, 2.24) is 35.5 Å². The van der Waals surface area contributed by atoms with Gasteiger partial charge in [0.25, 0.3) is 0 Å². The number of halogens is 3. The van der Waals surface area contributed by atoms with Crippen LogP contribution in [0.2, 0.25) is 0 Å². The first-order valence-corrected chi connectivity index (χ1v) is 10.8. The number of thiazole rings is 1.